The molecule has 1 aromatic carbocycles. The zero-order chi connectivity index (χ0) is 17.2. The molecule has 24 heavy (non-hydrogen) atoms. The number of nitrogens with two attached hydrogens (primary N) is 1. The fourth-order valence-corrected chi connectivity index (χ4v) is 3.22. The smallest absolute Gasteiger partial charge is 0.240 e. The molecule has 4 N–H and O–H groups in total. The largest absolute Gasteiger partial charge is 0.383 e. The van der Waals surface area contributed by atoms with Gasteiger partial charge in [-0.2, -0.15) is 15.1 Å². The summed E-state index contributed by atoms with van der Waals surface area (Å²) in [4.78, 5) is 8.66. The third-order valence-electron chi connectivity index (χ3n) is 3.38. The van der Waals surface area contributed by atoms with Gasteiger partial charge in [-0.3, -0.25) is 4.68 Å². The summed E-state index contributed by atoms with van der Waals surface area (Å²) >= 11 is 0. The molecular weight excluding hydrogens is 330 g/mol. The van der Waals surface area contributed by atoms with Crippen molar-refractivity contribution in [2.24, 2.45) is 7.05 Å². The first-order valence-corrected chi connectivity index (χ1v) is 8.69. The topological polar surface area (TPSA) is 128 Å². The van der Waals surface area contributed by atoms with E-state index < -0.39 is 10.0 Å². The monoisotopic (exact) mass is 347 g/mol. The highest BCUT2D eigenvalue weighted by atomic mass is 32.2. The molecule has 3 aromatic rings. The lowest BCUT2D eigenvalue weighted by Crippen LogP contribution is -2.29. The lowest BCUT2D eigenvalue weighted by Gasteiger charge is -2.08. The summed E-state index contributed by atoms with van der Waals surface area (Å²) in [6.45, 7) is 0.499. The van der Waals surface area contributed by atoms with Gasteiger partial charge in [-0.1, -0.05) is 18.2 Å². The zero-order valence-electron chi connectivity index (χ0n) is 13.0. The summed E-state index contributed by atoms with van der Waals surface area (Å²) < 4.78 is 28.3. The Labute approximate surface area is 139 Å². The molecule has 0 bridgehead atoms. The SMILES string of the molecule is Cn1ncc2c(N)nc(NCCNS(=O)(=O)c3ccccc3)nc21. The quantitative estimate of drug-likeness (QED) is 0.548. The van der Waals surface area contributed by atoms with Crippen molar-refractivity contribution < 1.29 is 8.42 Å². The van der Waals surface area contributed by atoms with Crippen molar-refractivity contribution in [2.75, 3.05) is 24.1 Å². The average Bonchev–Trinajstić information content (AvgIpc) is 2.94. The summed E-state index contributed by atoms with van der Waals surface area (Å²) in [5, 5.41) is 7.70. The normalized spacial score (nSPS) is 11.7. The number of aromatic nitrogens is 4. The highest BCUT2D eigenvalue weighted by Gasteiger charge is 2.12. The number of anilines is 2. The third-order valence-corrected chi connectivity index (χ3v) is 4.85. The van der Waals surface area contributed by atoms with Crippen LogP contribution in [0.5, 0.6) is 0 Å². The first kappa shape index (κ1) is 16.1. The van der Waals surface area contributed by atoms with E-state index in [0.717, 1.165) is 0 Å². The van der Waals surface area contributed by atoms with Crippen molar-refractivity contribution in [1.29, 1.82) is 0 Å². The van der Waals surface area contributed by atoms with Crippen molar-refractivity contribution >= 4 is 32.8 Å². The van der Waals surface area contributed by atoms with Gasteiger partial charge in [-0.25, -0.2) is 13.1 Å². The van der Waals surface area contributed by atoms with Gasteiger partial charge in [0.25, 0.3) is 0 Å². The molecule has 0 atom stereocenters. The standard InChI is InChI=1S/C14H17N7O2S/c1-21-13-11(9-17-21)12(15)19-14(20-13)16-7-8-18-24(22,23)10-5-3-2-4-6-10/h2-6,9,18H,7-8H2,1H3,(H3,15,16,19,20). The van der Waals surface area contributed by atoms with Gasteiger partial charge in [0.1, 0.15) is 5.82 Å². The lowest BCUT2D eigenvalue weighted by molar-refractivity contribution is 0.583. The van der Waals surface area contributed by atoms with E-state index in [4.69, 9.17) is 5.73 Å². The molecule has 3 rings (SSSR count). The van der Waals surface area contributed by atoms with Gasteiger partial charge in [0.15, 0.2) is 5.65 Å². The van der Waals surface area contributed by atoms with Crippen molar-refractivity contribution in [3.8, 4) is 0 Å². The first-order chi connectivity index (χ1) is 11.5. The summed E-state index contributed by atoms with van der Waals surface area (Å²) in [6, 6.07) is 8.18. The van der Waals surface area contributed by atoms with Gasteiger partial charge in [-0.15, -0.1) is 0 Å². The summed E-state index contributed by atoms with van der Waals surface area (Å²) in [5.74, 6) is 0.642. The maximum Gasteiger partial charge on any atom is 0.240 e. The Kier molecular flexibility index (Phi) is 4.32. The minimum Gasteiger partial charge on any atom is -0.383 e. The molecule has 2 heterocycles. The first-order valence-electron chi connectivity index (χ1n) is 7.21. The van der Waals surface area contributed by atoms with Crippen LogP contribution in [-0.4, -0.2) is 41.3 Å². The van der Waals surface area contributed by atoms with Crippen LogP contribution in [0.3, 0.4) is 0 Å². The Morgan fingerprint density at radius 3 is 2.67 bits per heavy atom. The van der Waals surface area contributed by atoms with E-state index in [0.29, 0.717) is 29.3 Å². The molecule has 9 nitrogen and oxygen atoms in total. The molecule has 0 unspecified atom stereocenters. The predicted octanol–water partition coefficient (Wildman–Crippen LogP) is 0.336. The van der Waals surface area contributed by atoms with Crippen LogP contribution < -0.4 is 15.8 Å². The molecule has 2 aromatic heterocycles. The Balaban J connectivity index is 1.62. The third kappa shape index (κ3) is 3.29. The summed E-state index contributed by atoms with van der Waals surface area (Å²) in [6.07, 6.45) is 1.60. The Morgan fingerprint density at radius 2 is 1.92 bits per heavy atom. The Bertz CT molecular complexity index is 954. The summed E-state index contributed by atoms with van der Waals surface area (Å²) in [7, 11) is -1.77. The summed E-state index contributed by atoms with van der Waals surface area (Å²) in [5.41, 5.74) is 6.47. The lowest BCUT2D eigenvalue weighted by atomic mass is 10.4. The van der Waals surface area contributed by atoms with Crippen LogP contribution in [0.25, 0.3) is 11.0 Å². The van der Waals surface area contributed by atoms with E-state index in [1.54, 1.807) is 36.1 Å². The second-order valence-corrected chi connectivity index (χ2v) is 6.84. The van der Waals surface area contributed by atoms with E-state index in [1.807, 2.05) is 0 Å². The van der Waals surface area contributed by atoms with Gasteiger partial charge in [0.05, 0.1) is 16.5 Å². The van der Waals surface area contributed by atoms with Crippen LogP contribution in [0, 0.1) is 0 Å². The molecular formula is C14H17N7O2S. The molecule has 10 heteroatoms. The van der Waals surface area contributed by atoms with Gasteiger partial charge in [-0.05, 0) is 12.1 Å². The maximum atomic E-state index is 12.1. The van der Waals surface area contributed by atoms with E-state index in [2.05, 4.69) is 25.1 Å². The Hall–Kier alpha value is -2.72. The number of hydrogen-bond donors (Lipinski definition) is 3. The Morgan fingerprint density at radius 1 is 1.17 bits per heavy atom. The molecule has 0 aliphatic heterocycles. The molecule has 0 spiro atoms. The van der Waals surface area contributed by atoms with E-state index in [-0.39, 0.29) is 11.4 Å². The molecule has 0 saturated heterocycles. The second-order valence-electron chi connectivity index (χ2n) is 5.08. The predicted molar refractivity (Wildman–Crippen MR) is 90.8 cm³/mol. The minimum atomic E-state index is -3.52. The van der Waals surface area contributed by atoms with E-state index in [1.165, 1.54) is 12.1 Å². The second kappa shape index (κ2) is 6.42. The van der Waals surface area contributed by atoms with Crippen LogP contribution in [-0.2, 0) is 17.1 Å². The number of hydrogen-bond acceptors (Lipinski definition) is 7. The van der Waals surface area contributed by atoms with Gasteiger partial charge < -0.3 is 11.1 Å². The van der Waals surface area contributed by atoms with Crippen LogP contribution >= 0.6 is 0 Å². The van der Waals surface area contributed by atoms with Gasteiger partial charge in [0.2, 0.25) is 16.0 Å². The number of nitrogens with zero attached hydrogens (tertiary/aromatic N) is 4. The van der Waals surface area contributed by atoms with Gasteiger partial charge >= 0.3 is 0 Å². The van der Waals surface area contributed by atoms with Crippen molar-refractivity contribution in [3.63, 3.8) is 0 Å². The molecule has 0 fully saturated rings. The maximum absolute atomic E-state index is 12.1. The number of nitrogen functional groups attached to an aromatic ring is 1. The van der Waals surface area contributed by atoms with Crippen molar-refractivity contribution in [1.82, 2.24) is 24.5 Å². The van der Waals surface area contributed by atoms with Crippen LogP contribution in [0.2, 0.25) is 0 Å². The number of aryl methyl sites for hydroxylation is 1. The fourth-order valence-electron chi connectivity index (χ4n) is 2.17. The number of benzene rings is 1. The molecule has 0 radical (unpaired) electrons. The highest BCUT2D eigenvalue weighted by Crippen LogP contribution is 2.18. The number of rotatable bonds is 6. The molecule has 0 aliphatic rings. The van der Waals surface area contributed by atoms with E-state index in [9.17, 15) is 8.42 Å². The average molecular weight is 347 g/mol. The highest BCUT2D eigenvalue weighted by molar-refractivity contribution is 7.89. The molecule has 0 aliphatic carbocycles. The zero-order valence-corrected chi connectivity index (χ0v) is 13.8. The van der Waals surface area contributed by atoms with Crippen LogP contribution in [0.15, 0.2) is 41.4 Å². The van der Waals surface area contributed by atoms with Crippen molar-refractivity contribution in [2.45, 2.75) is 4.90 Å². The fraction of sp³-hybridized carbons (Fsp3) is 0.214. The number of sulfonamides is 1. The molecule has 0 amide bonds. The molecule has 0 saturated carbocycles. The number of fused-ring (bicyclic) bond motifs is 1. The van der Waals surface area contributed by atoms with Gasteiger partial charge in [0, 0.05) is 20.1 Å². The van der Waals surface area contributed by atoms with E-state index >= 15 is 0 Å². The van der Waals surface area contributed by atoms with Crippen molar-refractivity contribution in [3.05, 3.63) is 36.5 Å². The number of nitrogens with one attached hydrogen (secondary N) is 2. The minimum absolute atomic E-state index is 0.184. The molecule has 126 valence electrons. The van der Waals surface area contributed by atoms with Crippen LogP contribution in [0.1, 0.15) is 0 Å². The van der Waals surface area contributed by atoms with Crippen LogP contribution in [0.4, 0.5) is 11.8 Å².